The summed E-state index contributed by atoms with van der Waals surface area (Å²) in [6, 6.07) is 25.6. The van der Waals surface area contributed by atoms with Gasteiger partial charge in [0.2, 0.25) is 0 Å². The number of aryl methyl sites for hydroxylation is 1. The van der Waals surface area contributed by atoms with Crippen molar-refractivity contribution in [3.05, 3.63) is 97.5 Å². The number of fused-ring (bicyclic) bond motifs is 1. The minimum Gasteiger partial charge on any atom is -0.241 e. The molecule has 0 bridgehead atoms. The third-order valence-electron chi connectivity index (χ3n) is 4.57. The van der Waals surface area contributed by atoms with Crippen LogP contribution in [0.2, 0.25) is 0 Å². The Kier molecular flexibility index (Phi) is 4.57. The first-order valence-electron chi connectivity index (χ1n) is 8.85. The van der Waals surface area contributed by atoms with Crippen LogP contribution in [0, 0.1) is 0 Å². The Bertz CT molecular complexity index is 1050. The van der Waals surface area contributed by atoms with Crippen LogP contribution in [0.1, 0.15) is 12.1 Å². The number of hydrogen-bond acceptors (Lipinski definition) is 2. The summed E-state index contributed by atoms with van der Waals surface area (Å²) in [5, 5.41) is 2.45. The Morgan fingerprint density at radius 3 is 2.23 bits per heavy atom. The molecule has 0 radical (unpaired) electrons. The molecule has 0 saturated carbocycles. The molecule has 1 heterocycles. The van der Waals surface area contributed by atoms with Gasteiger partial charge in [0.25, 0.3) is 0 Å². The van der Waals surface area contributed by atoms with Crippen LogP contribution in [0.4, 0.5) is 0 Å². The number of hydrogen-bond donors (Lipinski definition) is 0. The minimum atomic E-state index is 0.896. The van der Waals surface area contributed by atoms with Crippen molar-refractivity contribution in [2.45, 2.75) is 12.8 Å². The van der Waals surface area contributed by atoms with Crippen molar-refractivity contribution in [1.29, 1.82) is 0 Å². The maximum atomic E-state index is 4.45. The molecule has 4 rings (SSSR count). The lowest BCUT2D eigenvalue weighted by Gasteiger charge is -2.07. The van der Waals surface area contributed by atoms with Crippen LogP contribution in [-0.2, 0) is 6.42 Å². The number of rotatable bonds is 5. The average molecular weight is 336 g/mol. The standard InChI is InChI=1S/C24H20N2/c1-2-3-9-23-16-24(26-17-25-23)22-13-12-20-14-19(10-11-21(20)15-22)18-7-5-4-6-8-18/h2,4-8,10-17H,1,3,9H2. The van der Waals surface area contributed by atoms with Gasteiger partial charge >= 0.3 is 0 Å². The summed E-state index contributed by atoms with van der Waals surface area (Å²) < 4.78 is 0. The summed E-state index contributed by atoms with van der Waals surface area (Å²) in [6.45, 7) is 3.78. The zero-order valence-corrected chi connectivity index (χ0v) is 14.6. The SMILES string of the molecule is C=CCCc1cc(-c2ccc3cc(-c4ccccc4)ccc3c2)ncn1. The molecular weight excluding hydrogens is 316 g/mol. The summed E-state index contributed by atoms with van der Waals surface area (Å²) in [5.41, 5.74) is 5.61. The largest absolute Gasteiger partial charge is 0.241 e. The first-order valence-corrected chi connectivity index (χ1v) is 8.85. The molecule has 0 atom stereocenters. The quantitative estimate of drug-likeness (QED) is 0.413. The van der Waals surface area contributed by atoms with Gasteiger partial charge in [0, 0.05) is 11.3 Å². The Morgan fingerprint density at radius 2 is 1.46 bits per heavy atom. The monoisotopic (exact) mass is 336 g/mol. The summed E-state index contributed by atoms with van der Waals surface area (Å²) in [7, 11) is 0. The summed E-state index contributed by atoms with van der Waals surface area (Å²) >= 11 is 0. The highest BCUT2D eigenvalue weighted by Crippen LogP contribution is 2.28. The summed E-state index contributed by atoms with van der Waals surface area (Å²) in [5.74, 6) is 0. The Hall–Kier alpha value is -3.26. The van der Waals surface area contributed by atoms with Crippen LogP contribution in [0.5, 0.6) is 0 Å². The highest BCUT2D eigenvalue weighted by Gasteiger charge is 2.05. The fraction of sp³-hybridized carbons (Fsp3) is 0.0833. The predicted molar refractivity (Wildman–Crippen MR) is 109 cm³/mol. The van der Waals surface area contributed by atoms with Crippen LogP contribution in [0.25, 0.3) is 33.2 Å². The first kappa shape index (κ1) is 16.2. The van der Waals surface area contributed by atoms with E-state index in [9.17, 15) is 0 Å². The van der Waals surface area contributed by atoms with E-state index < -0.39 is 0 Å². The fourth-order valence-electron chi connectivity index (χ4n) is 3.16. The maximum absolute atomic E-state index is 4.45. The zero-order valence-electron chi connectivity index (χ0n) is 14.6. The number of nitrogens with zero attached hydrogens (tertiary/aromatic N) is 2. The normalized spacial score (nSPS) is 10.8. The van der Waals surface area contributed by atoms with Gasteiger partial charge in [0.15, 0.2) is 0 Å². The molecular formula is C24H20N2. The van der Waals surface area contributed by atoms with Gasteiger partial charge in [-0.3, -0.25) is 0 Å². The van der Waals surface area contributed by atoms with Crippen LogP contribution in [0.3, 0.4) is 0 Å². The van der Waals surface area contributed by atoms with Crippen LogP contribution >= 0.6 is 0 Å². The highest BCUT2D eigenvalue weighted by atomic mass is 14.8. The van der Waals surface area contributed by atoms with Gasteiger partial charge in [-0.05, 0) is 52.9 Å². The molecule has 0 aliphatic heterocycles. The fourth-order valence-corrected chi connectivity index (χ4v) is 3.16. The molecule has 0 N–H and O–H groups in total. The van der Waals surface area contributed by atoms with E-state index in [0.717, 1.165) is 29.8 Å². The van der Waals surface area contributed by atoms with Gasteiger partial charge < -0.3 is 0 Å². The second-order valence-electron chi connectivity index (χ2n) is 6.36. The molecule has 26 heavy (non-hydrogen) atoms. The molecule has 0 fully saturated rings. The van der Waals surface area contributed by atoms with Crippen molar-refractivity contribution in [3.8, 4) is 22.4 Å². The van der Waals surface area contributed by atoms with Crippen molar-refractivity contribution in [2.75, 3.05) is 0 Å². The molecule has 3 aromatic carbocycles. The van der Waals surface area contributed by atoms with Gasteiger partial charge in [-0.2, -0.15) is 0 Å². The van der Waals surface area contributed by atoms with E-state index in [0.29, 0.717) is 0 Å². The number of benzene rings is 3. The lowest BCUT2D eigenvalue weighted by Crippen LogP contribution is -1.93. The minimum absolute atomic E-state index is 0.896. The predicted octanol–water partition coefficient (Wildman–Crippen LogP) is 6.08. The van der Waals surface area contributed by atoms with E-state index in [4.69, 9.17) is 0 Å². The lowest BCUT2D eigenvalue weighted by molar-refractivity contribution is 0.929. The van der Waals surface area contributed by atoms with Crippen molar-refractivity contribution in [3.63, 3.8) is 0 Å². The molecule has 4 aromatic rings. The van der Waals surface area contributed by atoms with E-state index in [1.807, 2.05) is 12.1 Å². The van der Waals surface area contributed by atoms with Crippen LogP contribution in [-0.4, -0.2) is 9.97 Å². The van der Waals surface area contributed by atoms with Gasteiger partial charge in [-0.25, -0.2) is 9.97 Å². The Balaban J connectivity index is 1.69. The average Bonchev–Trinajstić information content (AvgIpc) is 2.72. The smallest absolute Gasteiger partial charge is 0.116 e. The zero-order chi connectivity index (χ0) is 17.8. The first-order chi connectivity index (χ1) is 12.8. The van der Waals surface area contributed by atoms with E-state index in [1.54, 1.807) is 6.33 Å². The summed E-state index contributed by atoms with van der Waals surface area (Å²) in [4.78, 5) is 8.80. The highest BCUT2D eigenvalue weighted by molar-refractivity contribution is 5.90. The van der Waals surface area contributed by atoms with Gasteiger partial charge in [-0.15, -0.1) is 6.58 Å². The Labute approximate surface area is 153 Å². The van der Waals surface area contributed by atoms with Gasteiger partial charge in [0.1, 0.15) is 6.33 Å². The van der Waals surface area contributed by atoms with E-state index >= 15 is 0 Å². The maximum Gasteiger partial charge on any atom is 0.116 e. The topological polar surface area (TPSA) is 25.8 Å². The second-order valence-corrected chi connectivity index (χ2v) is 6.36. The molecule has 0 unspecified atom stereocenters. The van der Waals surface area contributed by atoms with E-state index in [-0.39, 0.29) is 0 Å². The van der Waals surface area contributed by atoms with E-state index in [1.165, 1.54) is 21.9 Å². The van der Waals surface area contributed by atoms with Crippen LogP contribution in [0.15, 0.2) is 91.8 Å². The molecule has 2 nitrogen and oxygen atoms in total. The third kappa shape index (κ3) is 3.40. The molecule has 0 spiro atoms. The van der Waals surface area contributed by atoms with Crippen molar-refractivity contribution < 1.29 is 0 Å². The second kappa shape index (κ2) is 7.32. The summed E-state index contributed by atoms with van der Waals surface area (Å²) in [6.07, 6.45) is 5.39. The molecule has 0 aliphatic carbocycles. The molecule has 126 valence electrons. The Morgan fingerprint density at radius 1 is 0.731 bits per heavy atom. The molecule has 0 saturated heterocycles. The van der Waals surface area contributed by atoms with E-state index in [2.05, 4.69) is 83.3 Å². The third-order valence-corrected chi connectivity index (χ3v) is 4.57. The molecule has 1 aromatic heterocycles. The molecule has 0 amide bonds. The number of aromatic nitrogens is 2. The van der Waals surface area contributed by atoms with Gasteiger partial charge in [0.05, 0.1) is 5.69 Å². The lowest BCUT2D eigenvalue weighted by atomic mass is 9.99. The van der Waals surface area contributed by atoms with Crippen molar-refractivity contribution >= 4 is 10.8 Å². The number of allylic oxidation sites excluding steroid dienone is 1. The van der Waals surface area contributed by atoms with Gasteiger partial charge in [-0.1, -0.05) is 60.7 Å². The van der Waals surface area contributed by atoms with Crippen molar-refractivity contribution in [1.82, 2.24) is 9.97 Å². The molecule has 2 heteroatoms. The van der Waals surface area contributed by atoms with Crippen LogP contribution < -0.4 is 0 Å². The molecule has 0 aliphatic rings. The van der Waals surface area contributed by atoms with Crippen molar-refractivity contribution in [2.24, 2.45) is 0 Å².